The van der Waals surface area contributed by atoms with Crippen LogP contribution < -0.4 is 5.32 Å². The van der Waals surface area contributed by atoms with Crippen LogP contribution in [0.4, 0.5) is 0 Å². The third-order valence-corrected chi connectivity index (χ3v) is 3.18. The van der Waals surface area contributed by atoms with Crippen LogP contribution in [0.25, 0.3) is 0 Å². The van der Waals surface area contributed by atoms with E-state index in [-0.39, 0.29) is 24.8 Å². The molecule has 1 fully saturated rings. The molecule has 1 aliphatic rings. The predicted molar refractivity (Wildman–Crippen MR) is 70.6 cm³/mol. The van der Waals surface area contributed by atoms with E-state index in [1.807, 2.05) is 6.20 Å². The fraction of sp³-hybridized carbons (Fsp3) is 0.625. The van der Waals surface area contributed by atoms with E-state index in [4.69, 9.17) is 0 Å². The zero-order valence-corrected chi connectivity index (χ0v) is 11.4. The van der Waals surface area contributed by atoms with E-state index in [9.17, 15) is 0 Å². The highest BCUT2D eigenvalue weighted by Crippen LogP contribution is 2.24. The van der Waals surface area contributed by atoms with Crippen LogP contribution in [-0.2, 0) is 0 Å². The van der Waals surface area contributed by atoms with Gasteiger partial charge in [0.2, 0.25) is 0 Å². The standard InChI is InChI=1S/C8H12IN3.2ClH/c9-7-5-11-12-8(7)6-2-1-3-10-4-6;;/h5-6,10H,1-4H2,(H,11,12);2*1H. The summed E-state index contributed by atoms with van der Waals surface area (Å²) in [7, 11) is 0. The summed E-state index contributed by atoms with van der Waals surface area (Å²) in [6, 6.07) is 0. The van der Waals surface area contributed by atoms with E-state index >= 15 is 0 Å². The summed E-state index contributed by atoms with van der Waals surface area (Å²) in [4.78, 5) is 0. The van der Waals surface area contributed by atoms with Crippen molar-refractivity contribution >= 4 is 47.4 Å². The Kier molecular flexibility index (Phi) is 7.11. The van der Waals surface area contributed by atoms with Gasteiger partial charge in [-0.2, -0.15) is 5.10 Å². The van der Waals surface area contributed by atoms with Gasteiger partial charge >= 0.3 is 0 Å². The lowest BCUT2D eigenvalue weighted by Gasteiger charge is -2.21. The fourth-order valence-electron chi connectivity index (χ4n) is 1.67. The van der Waals surface area contributed by atoms with Gasteiger partial charge in [-0.05, 0) is 42.0 Å². The van der Waals surface area contributed by atoms with Crippen molar-refractivity contribution in [1.29, 1.82) is 0 Å². The minimum Gasteiger partial charge on any atom is -0.316 e. The first-order chi connectivity index (χ1) is 5.88. The summed E-state index contributed by atoms with van der Waals surface area (Å²) in [5, 5.41) is 10.5. The van der Waals surface area contributed by atoms with Crippen LogP contribution in [-0.4, -0.2) is 23.3 Å². The van der Waals surface area contributed by atoms with Crippen LogP contribution in [0.5, 0.6) is 0 Å². The van der Waals surface area contributed by atoms with Crippen LogP contribution in [0.1, 0.15) is 24.5 Å². The van der Waals surface area contributed by atoms with Crippen LogP contribution in [0.15, 0.2) is 6.20 Å². The van der Waals surface area contributed by atoms with Crippen LogP contribution in [0.2, 0.25) is 0 Å². The van der Waals surface area contributed by atoms with Gasteiger partial charge in [-0.3, -0.25) is 5.10 Å². The first kappa shape index (κ1) is 14.5. The Morgan fingerprint density at radius 3 is 2.71 bits per heavy atom. The summed E-state index contributed by atoms with van der Waals surface area (Å²) in [6.07, 6.45) is 4.45. The molecule has 0 saturated carbocycles. The molecule has 0 radical (unpaired) electrons. The van der Waals surface area contributed by atoms with Gasteiger partial charge < -0.3 is 5.32 Å². The van der Waals surface area contributed by atoms with Crippen molar-refractivity contribution in [1.82, 2.24) is 15.5 Å². The van der Waals surface area contributed by atoms with Crippen molar-refractivity contribution in [2.24, 2.45) is 0 Å². The van der Waals surface area contributed by atoms with Crippen LogP contribution >= 0.6 is 47.4 Å². The maximum atomic E-state index is 4.04. The molecule has 1 atom stereocenters. The minimum absolute atomic E-state index is 0. The number of aromatic amines is 1. The fourth-order valence-corrected chi connectivity index (χ4v) is 2.37. The van der Waals surface area contributed by atoms with Gasteiger partial charge in [0.05, 0.1) is 15.5 Å². The van der Waals surface area contributed by atoms with Gasteiger partial charge in [0.15, 0.2) is 0 Å². The Labute approximate surface area is 110 Å². The molecular weight excluding hydrogens is 336 g/mol. The number of hydrogen-bond acceptors (Lipinski definition) is 2. The molecule has 2 N–H and O–H groups in total. The van der Waals surface area contributed by atoms with Crippen molar-refractivity contribution in [2.45, 2.75) is 18.8 Å². The third-order valence-electron chi connectivity index (χ3n) is 2.33. The van der Waals surface area contributed by atoms with E-state index in [1.165, 1.54) is 28.7 Å². The first-order valence-electron chi connectivity index (χ1n) is 4.27. The molecule has 2 heterocycles. The molecule has 3 nitrogen and oxygen atoms in total. The Balaban J connectivity index is 0.000000845. The van der Waals surface area contributed by atoms with Gasteiger partial charge in [0.1, 0.15) is 0 Å². The molecule has 2 rings (SSSR count). The highest BCUT2D eigenvalue weighted by Gasteiger charge is 2.18. The molecule has 1 aromatic rings. The average Bonchev–Trinajstić information content (AvgIpc) is 2.53. The van der Waals surface area contributed by atoms with Gasteiger partial charge in [-0.1, -0.05) is 0 Å². The highest BCUT2D eigenvalue weighted by atomic mass is 127. The Bertz CT molecular complexity index is 261. The summed E-state index contributed by atoms with van der Waals surface area (Å²) in [5.41, 5.74) is 1.31. The zero-order chi connectivity index (χ0) is 8.39. The van der Waals surface area contributed by atoms with E-state index in [0.717, 1.165) is 6.54 Å². The lowest BCUT2D eigenvalue weighted by atomic mass is 9.96. The molecule has 0 spiro atoms. The van der Waals surface area contributed by atoms with Gasteiger partial charge in [-0.15, -0.1) is 24.8 Å². The third kappa shape index (κ3) is 3.25. The average molecular weight is 350 g/mol. The quantitative estimate of drug-likeness (QED) is 0.764. The normalized spacial score (nSPS) is 20.8. The summed E-state index contributed by atoms with van der Waals surface area (Å²) in [6.45, 7) is 2.26. The molecule has 0 aliphatic carbocycles. The highest BCUT2D eigenvalue weighted by molar-refractivity contribution is 14.1. The van der Waals surface area contributed by atoms with Crippen LogP contribution in [0.3, 0.4) is 0 Å². The number of H-pyrrole nitrogens is 1. The van der Waals surface area contributed by atoms with Crippen molar-refractivity contribution in [2.75, 3.05) is 13.1 Å². The second kappa shape index (κ2) is 6.87. The van der Waals surface area contributed by atoms with E-state index in [0.29, 0.717) is 5.92 Å². The second-order valence-corrected chi connectivity index (χ2v) is 4.34. The Morgan fingerprint density at radius 2 is 2.21 bits per heavy atom. The molecular formula is C8H14Cl2IN3. The monoisotopic (exact) mass is 349 g/mol. The number of nitrogens with zero attached hydrogens (tertiary/aromatic N) is 1. The molecule has 1 unspecified atom stereocenters. The maximum absolute atomic E-state index is 4.04. The van der Waals surface area contributed by atoms with Crippen LogP contribution in [0, 0.1) is 3.57 Å². The molecule has 0 aromatic carbocycles. The number of nitrogens with one attached hydrogen (secondary N) is 2. The predicted octanol–water partition coefficient (Wildman–Crippen LogP) is 2.32. The number of piperidine rings is 1. The lowest BCUT2D eigenvalue weighted by molar-refractivity contribution is 0.453. The molecule has 1 aliphatic heterocycles. The van der Waals surface area contributed by atoms with Crippen molar-refractivity contribution in [3.05, 3.63) is 15.5 Å². The van der Waals surface area contributed by atoms with E-state index in [1.54, 1.807) is 0 Å². The minimum atomic E-state index is 0. The van der Waals surface area contributed by atoms with E-state index < -0.39 is 0 Å². The molecule has 14 heavy (non-hydrogen) atoms. The van der Waals surface area contributed by atoms with Gasteiger partial charge in [-0.25, -0.2) is 0 Å². The number of halogens is 3. The van der Waals surface area contributed by atoms with E-state index in [2.05, 4.69) is 38.1 Å². The van der Waals surface area contributed by atoms with Crippen molar-refractivity contribution in [3.8, 4) is 0 Å². The second-order valence-electron chi connectivity index (χ2n) is 3.17. The maximum Gasteiger partial charge on any atom is 0.0624 e. The molecule has 0 bridgehead atoms. The molecule has 82 valence electrons. The summed E-state index contributed by atoms with van der Waals surface area (Å²) >= 11 is 2.34. The van der Waals surface area contributed by atoms with Gasteiger partial charge in [0, 0.05) is 12.5 Å². The topological polar surface area (TPSA) is 40.7 Å². The Morgan fingerprint density at radius 1 is 1.43 bits per heavy atom. The SMILES string of the molecule is Cl.Cl.Ic1cn[nH]c1C1CCCNC1. The summed E-state index contributed by atoms with van der Waals surface area (Å²) in [5.74, 6) is 0.646. The van der Waals surface area contributed by atoms with Crippen molar-refractivity contribution in [3.63, 3.8) is 0 Å². The first-order valence-corrected chi connectivity index (χ1v) is 5.35. The zero-order valence-electron chi connectivity index (χ0n) is 7.62. The lowest BCUT2D eigenvalue weighted by Crippen LogP contribution is -2.28. The van der Waals surface area contributed by atoms with Gasteiger partial charge in [0.25, 0.3) is 0 Å². The Hall–Kier alpha value is 0.480. The molecule has 6 heteroatoms. The number of aromatic nitrogens is 2. The molecule has 0 amide bonds. The largest absolute Gasteiger partial charge is 0.316 e. The smallest absolute Gasteiger partial charge is 0.0624 e. The number of rotatable bonds is 1. The molecule has 1 aromatic heterocycles. The number of hydrogen-bond donors (Lipinski definition) is 2. The van der Waals surface area contributed by atoms with Crippen molar-refractivity contribution < 1.29 is 0 Å². The molecule has 1 saturated heterocycles. The summed E-state index contributed by atoms with van der Waals surface area (Å²) < 4.78 is 1.27.